The Hall–Kier alpha value is -4.96. The highest BCUT2D eigenvalue weighted by Gasteiger charge is 2.15. The molecule has 9 nitrogen and oxygen atoms in total. The molecule has 4 heterocycles. The number of carbonyl (C=O) groups excluding carboxylic acids is 1. The first-order valence-corrected chi connectivity index (χ1v) is 13.4. The van der Waals surface area contributed by atoms with Crippen molar-refractivity contribution in [2.45, 2.75) is 20.8 Å². The third kappa shape index (κ3) is 5.36. The fourth-order valence-electron chi connectivity index (χ4n) is 4.00. The molecule has 1 amide bonds. The number of hydrogen-bond acceptors (Lipinski definition) is 7. The predicted molar refractivity (Wildman–Crippen MR) is 158 cm³/mol. The van der Waals surface area contributed by atoms with Gasteiger partial charge in [-0.05, 0) is 55.5 Å². The molecular formula is C29H28N8OS. The van der Waals surface area contributed by atoms with Crippen LogP contribution in [0.3, 0.4) is 0 Å². The summed E-state index contributed by atoms with van der Waals surface area (Å²) in [4.78, 5) is 23.1. The summed E-state index contributed by atoms with van der Waals surface area (Å²) in [5.41, 5.74) is 11.3. The van der Waals surface area contributed by atoms with Crippen LogP contribution in [0.15, 0.2) is 91.4 Å². The van der Waals surface area contributed by atoms with Gasteiger partial charge in [0.05, 0.1) is 29.5 Å². The molecular weight excluding hydrogens is 508 g/mol. The van der Waals surface area contributed by atoms with E-state index < -0.39 is 0 Å². The van der Waals surface area contributed by atoms with Gasteiger partial charge in [-0.15, -0.1) is 16.4 Å². The number of para-hydroxylation sites is 1. The van der Waals surface area contributed by atoms with Crippen LogP contribution in [-0.2, 0) is 0 Å². The van der Waals surface area contributed by atoms with Gasteiger partial charge in [-0.3, -0.25) is 9.20 Å². The molecule has 0 aliphatic rings. The highest BCUT2D eigenvalue weighted by molar-refractivity contribution is 7.16. The van der Waals surface area contributed by atoms with Crippen LogP contribution in [0.5, 0.6) is 0 Å². The second kappa shape index (κ2) is 11.2. The smallest absolute Gasteiger partial charge is 0.256 e. The van der Waals surface area contributed by atoms with E-state index >= 15 is 0 Å². The monoisotopic (exact) mass is 536 g/mol. The highest BCUT2D eigenvalue weighted by atomic mass is 32.1. The first-order chi connectivity index (χ1) is 19.0. The van der Waals surface area contributed by atoms with E-state index in [4.69, 9.17) is 10.7 Å². The van der Waals surface area contributed by atoms with Gasteiger partial charge in [0, 0.05) is 22.3 Å². The van der Waals surface area contributed by atoms with Crippen LogP contribution < -0.4 is 16.4 Å². The molecule has 0 radical (unpaired) electrons. The Labute approximate surface area is 230 Å². The molecule has 0 atom stereocenters. The number of aromatic nitrogens is 5. The number of nitrogen functional groups attached to an aromatic ring is 1. The molecule has 39 heavy (non-hydrogen) atoms. The highest BCUT2D eigenvalue weighted by Crippen LogP contribution is 2.32. The molecule has 0 saturated heterocycles. The third-order valence-electron chi connectivity index (χ3n) is 5.85. The fraction of sp³-hybridized carbons (Fsp3) is 0.103. The number of imidazole rings is 1. The molecule has 0 aliphatic carbocycles. The number of fused-ring (bicyclic) bond motifs is 1. The van der Waals surface area contributed by atoms with Gasteiger partial charge in [0.1, 0.15) is 11.3 Å². The van der Waals surface area contributed by atoms with Crippen LogP contribution in [-0.4, -0.2) is 30.1 Å². The van der Waals surface area contributed by atoms with E-state index in [0.717, 1.165) is 38.4 Å². The van der Waals surface area contributed by atoms with Crippen molar-refractivity contribution in [2.75, 3.05) is 16.4 Å². The van der Waals surface area contributed by atoms with Crippen molar-refractivity contribution in [3.05, 3.63) is 102 Å². The minimum Gasteiger partial charge on any atom is -0.394 e. The number of aryl methyl sites for hydroxylation is 1. The number of pyridine rings is 1. The average Bonchev–Trinajstić information content (AvgIpc) is 3.67. The van der Waals surface area contributed by atoms with Gasteiger partial charge in [0.2, 0.25) is 0 Å². The number of benzene rings is 2. The van der Waals surface area contributed by atoms with Gasteiger partial charge in [-0.1, -0.05) is 38.1 Å². The molecule has 0 unspecified atom stereocenters. The van der Waals surface area contributed by atoms with Gasteiger partial charge < -0.3 is 16.4 Å². The number of nitrogens with one attached hydrogen (secondary N) is 2. The second-order valence-corrected chi connectivity index (χ2v) is 9.57. The SMILES string of the molecule is CC.Cc1sc(Nc2ccc(C(=O)Nc3nn(-c4ccccc4)cc3N)cc2)nc1-c1cnc2ccccn12. The summed E-state index contributed by atoms with van der Waals surface area (Å²) in [7, 11) is 0. The van der Waals surface area contributed by atoms with Crippen LogP contribution >= 0.6 is 11.3 Å². The number of carbonyl (C=O) groups is 1. The van der Waals surface area contributed by atoms with E-state index in [2.05, 4.69) is 20.7 Å². The summed E-state index contributed by atoms with van der Waals surface area (Å²) in [6.07, 6.45) is 5.49. The number of anilines is 4. The Morgan fingerprint density at radius 3 is 2.49 bits per heavy atom. The van der Waals surface area contributed by atoms with Crippen LogP contribution in [0.2, 0.25) is 0 Å². The van der Waals surface area contributed by atoms with E-state index in [9.17, 15) is 4.79 Å². The van der Waals surface area contributed by atoms with Crippen molar-refractivity contribution in [1.29, 1.82) is 0 Å². The quantitative estimate of drug-likeness (QED) is 0.222. The molecule has 0 spiro atoms. The third-order valence-corrected chi connectivity index (χ3v) is 6.74. The first-order valence-electron chi connectivity index (χ1n) is 12.5. The summed E-state index contributed by atoms with van der Waals surface area (Å²) in [5, 5.41) is 11.3. The van der Waals surface area contributed by atoms with Crippen molar-refractivity contribution < 1.29 is 4.79 Å². The van der Waals surface area contributed by atoms with E-state index in [0.29, 0.717) is 17.1 Å². The lowest BCUT2D eigenvalue weighted by Gasteiger charge is -2.06. The maximum Gasteiger partial charge on any atom is 0.256 e. The normalized spacial score (nSPS) is 10.6. The van der Waals surface area contributed by atoms with Crippen molar-refractivity contribution >= 4 is 45.2 Å². The lowest BCUT2D eigenvalue weighted by atomic mass is 10.2. The van der Waals surface area contributed by atoms with Gasteiger partial charge in [0.25, 0.3) is 5.91 Å². The molecule has 2 aromatic carbocycles. The number of nitrogens with two attached hydrogens (primary N) is 1. The number of rotatable bonds is 6. The van der Waals surface area contributed by atoms with Crippen molar-refractivity contribution in [2.24, 2.45) is 0 Å². The maximum atomic E-state index is 12.8. The molecule has 0 bridgehead atoms. The van der Waals surface area contributed by atoms with Gasteiger partial charge in [-0.25, -0.2) is 14.6 Å². The standard InChI is InChI=1S/C27H22N8OS.C2H6/c1-17-24(22-15-29-23-9-5-6-14-34(22)23)31-27(37-17)30-19-12-10-18(11-13-19)26(36)32-25-21(28)16-35(33-25)20-7-3-2-4-8-20;1-2/h2-16H,28H2,1H3,(H,30,31)(H,32,33,36);1-2H3. The van der Waals surface area contributed by atoms with E-state index in [-0.39, 0.29) is 5.91 Å². The summed E-state index contributed by atoms with van der Waals surface area (Å²) in [6, 6.07) is 22.6. The number of amides is 1. The van der Waals surface area contributed by atoms with Gasteiger partial charge >= 0.3 is 0 Å². The zero-order valence-electron chi connectivity index (χ0n) is 21.8. The fourth-order valence-corrected chi connectivity index (χ4v) is 4.84. The predicted octanol–water partition coefficient (Wildman–Crippen LogP) is 6.56. The largest absolute Gasteiger partial charge is 0.394 e. The second-order valence-electron chi connectivity index (χ2n) is 8.37. The van der Waals surface area contributed by atoms with Crippen LogP contribution in [0.4, 0.5) is 22.3 Å². The average molecular weight is 537 g/mol. The first kappa shape index (κ1) is 25.7. The summed E-state index contributed by atoms with van der Waals surface area (Å²) < 4.78 is 3.66. The van der Waals surface area contributed by atoms with Crippen molar-refractivity contribution in [3.8, 4) is 17.1 Å². The number of thiazole rings is 1. The Bertz CT molecular complexity index is 1720. The van der Waals surface area contributed by atoms with E-state index in [1.54, 1.807) is 34.3 Å². The zero-order chi connectivity index (χ0) is 27.4. The molecule has 0 aliphatic heterocycles. The van der Waals surface area contributed by atoms with Gasteiger partial charge in [-0.2, -0.15) is 0 Å². The zero-order valence-corrected chi connectivity index (χ0v) is 22.6. The number of hydrogen-bond donors (Lipinski definition) is 3. The Morgan fingerprint density at radius 2 is 1.72 bits per heavy atom. The summed E-state index contributed by atoms with van der Waals surface area (Å²) >= 11 is 1.56. The van der Waals surface area contributed by atoms with E-state index in [1.165, 1.54) is 0 Å². The van der Waals surface area contributed by atoms with Crippen LogP contribution in [0.1, 0.15) is 29.1 Å². The molecule has 10 heteroatoms. The molecule has 0 fully saturated rings. The van der Waals surface area contributed by atoms with Crippen molar-refractivity contribution in [3.63, 3.8) is 0 Å². The molecule has 6 rings (SSSR count). The molecule has 4 aromatic heterocycles. The lowest BCUT2D eigenvalue weighted by molar-refractivity contribution is 0.102. The summed E-state index contributed by atoms with van der Waals surface area (Å²) in [6.45, 7) is 6.04. The minimum absolute atomic E-state index is 0.295. The Morgan fingerprint density at radius 1 is 0.974 bits per heavy atom. The van der Waals surface area contributed by atoms with Crippen LogP contribution in [0, 0.1) is 6.92 Å². The van der Waals surface area contributed by atoms with Crippen molar-refractivity contribution in [1.82, 2.24) is 24.1 Å². The van der Waals surface area contributed by atoms with E-state index in [1.807, 2.05) is 98.2 Å². The minimum atomic E-state index is -0.295. The summed E-state index contributed by atoms with van der Waals surface area (Å²) in [5.74, 6) is 0.0193. The lowest BCUT2D eigenvalue weighted by Crippen LogP contribution is -2.13. The topological polar surface area (TPSA) is 115 Å². The maximum absolute atomic E-state index is 12.8. The Kier molecular flexibility index (Phi) is 7.37. The Balaban J connectivity index is 0.00000151. The molecule has 4 N–H and O–H groups in total. The van der Waals surface area contributed by atoms with Gasteiger partial charge in [0.15, 0.2) is 10.9 Å². The number of nitrogens with zero attached hydrogens (tertiary/aromatic N) is 5. The van der Waals surface area contributed by atoms with Crippen LogP contribution in [0.25, 0.3) is 22.7 Å². The molecule has 196 valence electrons. The molecule has 0 saturated carbocycles. The molecule has 6 aromatic rings.